The van der Waals surface area contributed by atoms with E-state index in [-0.39, 0.29) is 0 Å². The van der Waals surface area contributed by atoms with E-state index in [1.165, 1.54) is 4.88 Å². The minimum atomic E-state index is 0.702. The Morgan fingerprint density at radius 2 is 2.44 bits per heavy atom. The molecule has 2 heterocycles. The monoisotopic (exact) mass is 317 g/mol. The van der Waals surface area contributed by atoms with Gasteiger partial charge in [-0.2, -0.15) is 5.10 Å². The summed E-state index contributed by atoms with van der Waals surface area (Å²) in [6, 6.07) is 2.12. The molecular weight excluding hydrogens is 306 g/mol. The zero-order valence-corrected chi connectivity index (χ0v) is 12.1. The normalized spacial score (nSPS) is 10.9. The van der Waals surface area contributed by atoms with Gasteiger partial charge in [0.2, 0.25) is 0 Å². The number of nitrogens with zero attached hydrogens (tertiary/aromatic N) is 2. The Morgan fingerprint density at radius 3 is 3.06 bits per heavy atom. The average molecular weight is 318 g/mol. The summed E-state index contributed by atoms with van der Waals surface area (Å²) in [6.45, 7) is 2.95. The summed E-state index contributed by atoms with van der Waals surface area (Å²) in [6.07, 6.45) is 2.04. The topological polar surface area (TPSA) is 33.6 Å². The Morgan fingerprint density at radius 1 is 1.62 bits per heavy atom. The highest BCUT2D eigenvalue weighted by atomic mass is 79.9. The van der Waals surface area contributed by atoms with Crippen LogP contribution in [0.1, 0.15) is 24.0 Å². The Hall–Kier alpha value is -0.460. The van der Waals surface area contributed by atoms with E-state index in [4.69, 9.17) is 12.2 Å². The number of rotatable bonds is 4. The van der Waals surface area contributed by atoms with Gasteiger partial charge in [0.05, 0.1) is 6.54 Å². The minimum Gasteiger partial charge on any atom is -0.299 e. The predicted molar refractivity (Wildman–Crippen MR) is 72.5 cm³/mol. The summed E-state index contributed by atoms with van der Waals surface area (Å²) < 4.78 is 3.89. The molecule has 0 atom stereocenters. The first-order valence-corrected chi connectivity index (χ1v) is 7.15. The predicted octanol–water partition coefficient (Wildman–Crippen LogP) is 3.77. The fourth-order valence-electron chi connectivity index (χ4n) is 1.52. The van der Waals surface area contributed by atoms with Gasteiger partial charge in [-0.05, 0) is 40.6 Å². The molecule has 0 saturated carbocycles. The first-order valence-electron chi connectivity index (χ1n) is 5.07. The van der Waals surface area contributed by atoms with E-state index < -0.39 is 0 Å². The van der Waals surface area contributed by atoms with Gasteiger partial charge in [0.15, 0.2) is 4.77 Å². The summed E-state index contributed by atoms with van der Waals surface area (Å²) in [5, 5.41) is 9.19. The van der Waals surface area contributed by atoms with E-state index >= 15 is 0 Å². The molecule has 0 aromatic carbocycles. The fourth-order valence-corrected chi connectivity index (χ4v) is 3.17. The van der Waals surface area contributed by atoms with Gasteiger partial charge in [-0.15, -0.1) is 11.3 Å². The van der Waals surface area contributed by atoms with Crippen molar-refractivity contribution in [2.75, 3.05) is 0 Å². The molecule has 0 aliphatic heterocycles. The maximum Gasteiger partial charge on any atom is 0.195 e. The van der Waals surface area contributed by atoms with Crippen molar-refractivity contribution in [3.63, 3.8) is 0 Å². The third kappa shape index (κ3) is 2.61. The second kappa shape index (κ2) is 5.25. The van der Waals surface area contributed by atoms with Crippen molar-refractivity contribution < 1.29 is 0 Å². The number of halogens is 1. The maximum atomic E-state index is 5.23. The largest absolute Gasteiger partial charge is 0.299 e. The van der Waals surface area contributed by atoms with Crippen LogP contribution in [0, 0.1) is 4.77 Å². The van der Waals surface area contributed by atoms with Crippen LogP contribution < -0.4 is 0 Å². The number of hydrogen-bond acceptors (Lipinski definition) is 3. The van der Waals surface area contributed by atoms with Crippen LogP contribution in [0.4, 0.5) is 0 Å². The lowest BCUT2D eigenvalue weighted by atomic mass is 10.3. The number of H-pyrrole nitrogens is 1. The quantitative estimate of drug-likeness (QED) is 0.871. The average Bonchev–Trinajstić information content (AvgIpc) is 2.79. The molecule has 86 valence electrons. The molecular formula is C10H12BrN3S2. The van der Waals surface area contributed by atoms with Crippen molar-refractivity contribution in [3.05, 3.63) is 31.4 Å². The van der Waals surface area contributed by atoms with Gasteiger partial charge in [-0.1, -0.05) is 6.92 Å². The van der Waals surface area contributed by atoms with E-state index in [0.717, 1.165) is 29.7 Å². The van der Waals surface area contributed by atoms with Crippen LogP contribution in [0.15, 0.2) is 15.9 Å². The third-order valence-electron chi connectivity index (χ3n) is 2.25. The van der Waals surface area contributed by atoms with Crippen LogP contribution in [0.3, 0.4) is 0 Å². The second-order valence-electron chi connectivity index (χ2n) is 3.51. The molecule has 0 unspecified atom stereocenters. The van der Waals surface area contributed by atoms with Crippen molar-refractivity contribution in [3.8, 4) is 0 Å². The number of thiophene rings is 1. The molecule has 0 fully saturated rings. The van der Waals surface area contributed by atoms with E-state index in [9.17, 15) is 0 Å². The third-order valence-corrected chi connectivity index (χ3v) is 4.24. The highest BCUT2D eigenvalue weighted by molar-refractivity contribution is 9.10. The van der Waals surface area contributed by atoms with Crippen LogP contribution >= 0.6 is 39.5 Å². The Kier molecular flexibility index (Phi) is 3.94. The molecule has 0 aliphatic carbocycles. The first kappa shape index (κ1) is 12.0. The zero-order chi connectivity index (χ0) is 11.5. The van der Waals surface area contributed by atoms with E-state index in [2.05, 4.69) is 49.1 Å². The summed E-state index contributed by atoms with van der Waals surface area (Å²) >= 11 is 10.4. The van der Waals surface area contributed by atoms with Gasteiger partial charge in [0.25, 0.3) is 0 Å². The number of aryl methyl sites for hydroxylation is 1. The van der Waals surface area contributed by atoms with Crippen molar-refractivity contribution >= 4 is 39.5 Å². The highest BCUT2D eigenvalue weighted by Gasteiger charge is 2.07. The van der Waals surface area contributed by atoms with Crippen LogP contribution in [-0.4, -0.2) is 14.8 Å². The molecule has 0 amide bonds. The molecule has 16 heavy (non-hydrogen) atoms. The molecule has 2 aromatic heterocycles. The van der Waals surface area contributed by atoms with E-state index in [1.807, 2.05) is 0 Å². The second-order valence-corrected chi connectivity index (χ2v) is 5.81. The summed E-state index contributed by atoms with van der Waals surface area (Å²) in [5.74, 6) is 1.04. The van der Waals surface area contributed by atoms with Crippen LogP contribution in [0.25, 0.3) is 0 Å². The fraction of sp³-hybridized carbons (Fsp3) is 0.400. The zero-order valence-electron chi connectivity index (χ0n) is 8.86. The number of aromatic amines is 1. The molecule has 3 nitrogen and oxygen atoms in total. The van der Waals surface area contributed by atoms with Gasteiger partial charge >= 0.3 is 0 Å². The van der Waals surface area contributed by atoms with E-state index in [0.29, 0.717) is 4.77 Å². The number of nitrogens with one attached hydrogen (secondary N) is 1. The SMILES string of the molecule is CCCc1n[nH]c(=S)n1Cc1cc(Br)cs1. The molecule has 0 aliphatic rings. The highest BCUT2D eigenvalue weighted by Crippen LogP contribution is 2.21. The molecule has 1 N–H and O–H groups in total. The molecule has 0 radical (unpaired) electrons. The molecule has 0 saturated heterocycles. The molecule has 2 rings (SSSR count). The van der Waals surface area contributed by atoms with Crippen molar-refractivity contribution in [2.24, 2.45) is 0 Å². The summed E-state index contributed by atoms with van der Waals surface area (Å²) in [4.78, 5) is 1.28. The maximum absolute atomic E-state index is 5.23. The molecule has 0 spiro atoms. The van der Waals surface area contributed by atoms with Crippen molar-refractivity contribution in [1.82, 2.24) is 14.8 Å². The van der Waals surface area contributed by atoms with Crippen molar-refractivity contribution in [2.45, 2.75) is 26.3 Å². The Balaban J connectivity index is 2.26. The summed E-state index contributed by atoms with van der Waals surface area (Å²) in [5.41, 5.74) is 0. The number of hydrogen-bond donors (Lipinski definition) is 1. The minimum absolute atomic E-state index is 0.702. The number of aromatic nitrogens is 3. The Bertz CT molecular complexity index is 526. The van der Waals surface area contributed by atoms with Gasteiger partial charge in [-0.3, -0.25) is 9.67 Å². The van der Waals surface area contributed by atoms with Crippen LogP contribution in [0.2, 0.25) is 0 Å². The van der Waals surface area contributed by atoms with Crippen LogP contribution in [0.5, 0.6) is 0 Å². The van der Waals surface area contributed by atoms with Crippen molar-refractivity contribution in [1.29, 1.82) is 0 Å². The van der Waals surface area contributed by atoms with Gasteiger partial charge in [0.1, 0.15) is 5.82 Å². The molecule has 0 bridgehead atoms. The van der Waals surface area contributed by atoms with Crippen LogP contribution in [-0.2, 0) is 13.0 Å². The van der Waals surface area contributed by atoms with E-state index in [1.54, 1.807) is 11.3 Å². The summed E-state index contributed by atoms with van der Waals surface area (Å²) in [7, 11) is 0. The standard InChI is InChI=1S/C10H12BrN3S2/c1-2-3-9-12-13-10(15)14(9)5-8-4-7(11)6-16-8/h4,6H,2-3,5H2,1H3,(H,13,15). The van der Waals surface area contributed by atoms with Gasteiger partial charge in [-0.25, -0.2) is 0 Å². The van der Waals surface area contributed by atoms with Gasteiger partial charge in [0, 0.05) is 21.2 Å². The molecule has 6 heteroatoms. The first-order chi connectivity index (χ1) is 7.70. The lowest BCUT2D eigenvalue weighted by Crippen LogP contribution is -2.04. The lowest BCUT2D eigenvalue weighted by molar-refractivity contribution is 0.705. The Labute approximate surface area is 112 Å². The molecule has 2 aromatic rings. The lowest BCUT2D eigenvalue weighted by Gasteiger charge is -2.03. The smallest absolute Gasteiger partial charge is 0.195 e. The van der Waals surface area contributed by atoms with Gasteiger partial charge < -0.3 is 0 Å².